The lowest BCUT2D eigenvalue weighted by atomic mass is 10.2. The van der Waals surface area contributed by atoms with Gasteiger partial charge in [-0.05, 0) is 20.4 Å². The fourth-order valence-electron chi connectivity index (χ4n) is 0.869. The number of aliphatic hydroxyl groups is 1. The molecule has 0 aromatic carbocycles. The Morgan fingerprint density at radius 2 is 2.00 bits per heavy atom. The average Bonchev–Trinajstić information content (AvgIpc) is 2.17. The zero-order chi connectivity index (χ0) is 11.6. The van der Waals surface area contributed by atoms with Gasteiger partial charge in [-0.2, -0.15) is 0 Å². The Morgan fingerprint density at radius 1 is 1.50 bits per heavy atom. The maximum atomic E-state index is 12.6. The second kappa shape index (κ2) is 10.7. The Hall–Kier alpha value is -0.410. The van der Waals surface area contributed by atoms with Crippen molar-refractivity contribution in [2.24, 2.45) is 0 Å². The largest absolute Gasteiger partial charge is 0.393 e. The van der Waals surface area contributed by atoms with Gasteiger partial charge in [0.05, 0.1) is 6.61 Å². The quantitative estimate of drug-likeness (QED) is 0.672. The number of hydrogen-bond donors (Lipinski definition) is 1. The van der Waals surface area contributed by atoms with E-state index in [1.54, 1.807) is 0 Å². The first-order valence-corrected chi connectivity index (χ1v) is 5.14. The highest BCUT2D eigenvalue weighted by Gasteiger charge is 2.07. The van der Waals surface area contributed by atoms with Crippen LogP contribution in [0.15, 0.2) is 12.2 Å². The molecule has 0 heterocycles. The first-order chi connectivity index (χ1) is 6.56. The molecule has 14 heavy (non-hydrogen) atoms. The average molecular weight is 205 g/mol. The van der Waals surface area contributed by atoms with E-state index < -0.39 is 12.8 Å². The van der Waals surface area contributed by atoms with E-state index in [4.69, 9.17) is 5.11 Å². The van der Waals surface area contributed by atoms with Gasteiger partial charge in [0.25, 0.3) is 0 Å². The lowest BCUT2D eigenvalue weighted by Gasteiger charge is -2.17. The predicted octanol–water partition coefficient (Wildman–Crippen LogP) is 2.24. The van der Waals surface area contributed by atoms with Gasteiger partial charge in [0.1, 0.15) is 6.17 Å². The first-order valence-electron chi connectivity index (χ1n) is 5.14. The Morgan fingerprint density at radius 3 is 2.36 bits per heavy atom. The molecule has 0 saturated carbocycles. The minimum Gasteiger partial charge on any atom is -0.393 e. The smallest absolute Gasteiger partial charge is 0.136 e. The highest BCUT2D eigenvalue weighted by Crippen LogP contribution is 1.99. The van der Waals surface area contributed by atoms with E-state index in [0.29, 0.717) is 6.54 Å². The molecule has 2 nitrogen and oxygen atoms in total. The summed E-state index contributed by atoms with van der Waals surface area (Å²) in [4.78, 5) is 1.86. The van der Waals surface area contributed by atoms with Gasteiger partial charge in [0.15, 0.2) is 0 Å². The predicted molar refractivity (Wildman–Crippen MR) is 60.3 cm³/mol. The molecule has 0 rings (SSSR count). The third-order valence-electron chi connectivity index (χ3n) is 1.63. The topological polar surface area (TPSA) is 23.5 Å². The van der Waals surface area contributed by atoms with Crippen molar-refractivity contribution in [2.75, 3.05) is 26.7 Å². The van der Waals surface area contributed by atoms with E-state index in [-0.39, 0.29) is 0 Å². The molecule has 0 saturated heterocycles. The molecule has 0 aliphatic heterocycles. The highest BCUT2D eigenvalue weighted by molar-refractivity contribution is 4.88. The third kappa shape index (κ3) is 11.6. The molecular weight excluding hydrogens is 181 g/mol. The number of hydrogen-bond acceptors (Lipinski definition) is 2. The summed E-state index contributed by atoms with van der Waals surface area (Å²) in [6, 6.07) is 0. The van der Waals surface area contributed by atoms with Crippen LogP contribution in [-0.2, 0) is 0 Å². The van der Waals surface area contributed by atoms with Crippen LogP contribution in [0.1, 0.15) is 27.2 Å². The fourth-order valence-corrected chi connectivity index (χ4v) is 0.869. The van der Waals surface area contributed by atoms with Gasteiger partial charge in [-0.1, -0.05) is 19.4 Å². The molecule has 1 atom stereocenters. The van der Waals surface area contributed by atoms with Crippen molar-refractivity contribution in [1.82, 2.24) is 4.90 Å². The summed E-state index contributed by atoms with van der Waals surface area (Å²) in [6.07, 6.45) is -0.241. The minimum atomic E-state index is -1.12. The van der Waals surface area contributed by atoms with Crippen LogP contribution in [0, 0.1) is 0 Å². The first kappa shape index (κ1) is 16.0. The summed E-state index contributed by atoms with van der Waals surface area (Å²) in [5, 5.41) is 8.44. The lowest BCUT2D eigenvalue weighted by molar-refractivity contribution is 0.139. The van der Waals surface area contributed by atoms with Crippen LogP contribution in [0.5, 0.6) is 0 Å². The van der Waals surface area contributed by atoms with E-state index in [1.807, 2.05) is 32.7 Å². The number of rotatable bonds is 6. The molecular formula is C11H24FNO. The van der Waals surface area contributed by atoms with E-state index in [9.17, 15) is 4.39 Å². The third-order valence-corrected chi connectivity index (χ3v) is 1.63. The molecule has 1 unspecified atom stereocenters. The van der Waals surface area contributed by atoms with Crippen LogP contribution in [-0.4, -0.2) is 42.9 Å². The van der Waals surface area contributed by atoms with Crippen LogP contribution >= 0.6 is 0 Å². The zero-order valence-corrected chi connectivity index (χ0v) is 9.89. The molecule has 0 amide bonds. The lowest BCUT2D eigenvalue weighted by Crippen LogP contribution is -2.29. The molecule has 0 fully saturated rings. The number of alkyl halides is 1. The minimum absolute atomic E-state index is 0.295. The van der Waals surface area contributed by atoms with Crippen molar-refractivity contribution in [2.45, 2.75) is 33.4 Å². The summed E-state index contributed by atoms with van der Waals surface area (Å²) < 4.78 is 12.6. The van der Waals surface area contributed by atoms with Gasteiger partial charge in [-0.15, -0.1) is 6.58 Å². The Labute approximate surface area is 87.4 Å². The molecule has 0 spiro atoms. The van der Waals surface area contributed by atoms with Crippen molar-refractivity contribution in [1.29, 1.82) is 0 Å². The molecule has 0 aliphatic rings. The van der Waals surface area contributed by atoms with Crippen LogP contribution in [0.2, 0.25) is 0 Å². The monoisotopic (exact) mass is 205 g/mol. The molecule has 0 bridgehead atoms. The van der Waals surface area contributed by atoms with E-state index in [0.717, 1.165) is 18.5 Å². The zero-order valence-electron chi connectivity index (χ0n) is 9.89. The number of aliphatic hydroxyl groups excluding tert-OH is 1. The molecule has 3 heteroatoms. The van der Waals surface area contributed by atoms with E-state index >= 15 is 0 Å². The molecule has 0 aromatic heterocycles. The molecule has 0 aromatic rings. The van der Waals surface area contributed by atoms with Crippen molar-refractivity contribution in [3.63, 3.8) is 0 Å². The molecule has 0 radical (unpaired) electrons. The van der Waals surface area contributed by atoms with Gasteiger partial charge in [0, 0.05) is 13.1 Å². The van der Waals surface area contributed by atoms with Crippen LogP contribution in [0.4, 0.5) is 4.39 Å². The Balaban J connectivity index is 0. The standard InChI is InChI=1S/C9H18FNO.C2H6/c1-8(2)4-5-11(3)6-9(10)7-12;1-2/h9,12H,1,4-7H2,2-3H3;1-2H3. The SMILES string of the molecule is C=C(C)CCN(C)CC(F)CO.CC. The maximum absolute atomic E-state index is 12.6. The summed E-state index contributed by atoms with van der Waals surface area (Å²) in [7, 11) is 1.84. The second-order valence-electron chi connectivity index (χ2n) is 3.25. The van der Waals surface area contributed by atoms with Gasteiger partial charge in [-0.25, -0.2) is 4.39 Å². The Bertz CT molecular complexity index is 139. The summed E-state index contributed by atoms with van der Waals surface area (Å²) >= 11 is 0. The maximum Gasteiger partial charge on any atom is 0.136 e. The van der Waals surface area contributed by atoms with Crippen molar-refractivity contribution < 1.29 is 9.50 Å². The summed E-state index contributed by atoms with van der Waals surface area (Å²) in [6.45, 7) is 10.4. The number of nitrogens with zero attached hydrogens (tertiary/aromatic N) is 1. The van der Waals surface area contributed by atoms with Crippen LogP contribution in [0.25, 0.3) is 0 Å². The normalized spacial score (nSPS) is 11.9. The summed E-state index contributed by atoms with van der Waals surface area (Å²) in [5.41, 5.74) is 1.10. The number of halogens is 1. The molecule has 0 aliphatic carbocycles. The Kier molecular flexibility index (Phi) is 12.2. The second-order valence-corrected chi connectivity index (χ2v) is 3.25. The van der Waals surface area contributed by atoms with Crippen molar-refractivity contribution in [3.05, 3.63) is 12.2 Å². The van der Waals surface area contributed by atoms with E-state index in [1.165, 1.54) is 0 Å². The van der Waals surface area contributed by atoms with Gasteiger partial charge in [-0.3, -0.25) is 0 Å². The van der Waals surface area contributed by atoms with Gasteiger partial charge >= 0.3 is 0 Å². The summed E-state index contributed by atoms with van der Waals surface area (Å²) in [5.74, 6) is 0. The van der Waals surface area contributed by atoms with Gasteiger partial charge in [0.2, 0.25) is 0 Å². The fraction of sp³-hybridized carbons (Fsp3) is 0.818. The molecule has 86 valence electrons. The van der Waals surface area contributed by atoms with Crippen LogP contribution in [0.3, 0.4) is 0 Å². The van der Waals surface area contributed by atoms with Crippen LogP contribution < -0.4 is 0 Å². The molecule has 1 N–H and O–H groups in total. The highest BCUT2D eigenvalue weighted by atomic mass is 19.1. The van der Waals surface area contributed by atoms with Crippen molar-refractivity contribution >= 4 is 0 Å². The van der Waals surface area contributed by atoms with Gasteiger partial charge < -0.3 is 10.0 Å². The van der Waals surface area contributed by atoms with E-state index in [2.05, 4.69) is 6.58 Å². The van der Waals surface area contributed by atoms with Crippen molar-refractivity contribution in [3.8, 4) is 0 Å².